The van der Waals surface area contributed by atoms with E-state index in [-0.39, 0.29) is 0 Å². The fourth-order valence-electron chi connectivity index (χ4n) is 1.96. The first-order valence-electron chi connectivity index (χ1n) is 6.51. The zero-order chi connectivity index (χ0) is 14.8. The molecule has 0 heterocycles. The van der Waals surface area contributed by atoms with Gasteiger partial charge in [-0.2, -0.15) is 0 Å². The lowest BCUT2D eigenvalue weighted by molar-refractivity contribution is 0.581. The van der Waals surface area contributed by atoms with E-state index in [0.29, 0.717) is 11.4 Å². The van der Waals surface area contributed by atoms with Gasteiger partial charge in [-0.3, -0.25) is 0 Å². The molecule has 0 amide bonds. The first kappa shape index (κ1) is 14.8. The summed E-state index contributed by atoms with van der Waals surface area (Å²) in [7, 11) is -3.46. The maximum Gasteiger partial charge on any atom is 0.240 e. The smallest absolute Gasteiger partial charge is 0.207 e. The Morgan fingerprint density at radius 1 is 0.950 bits per heavy atom. The molecule has 0 unspecified atom stereocenters. The molecule has 20 heavy (non-hydrogen) atoms. The Labute approximate surface area is 120 Å². The Balaban J connectivity index is 2.17. The second kappa shape index (κ2) is 5.77. The largest absolute Gasteiger partial charge is 0.240 e. The van der Waals surface area contributed by atoms with Crippen LogP contribution in [0, 0.1) is 20.8 Å². The minimum Gasteiger partial charge on any atom is -0.207 e. The lowest BCUT2D eigenvalue weighted by Crippen LogP contribution is -2.23. The summed E-state index contributed by atoms with van der Waals surface area (Å²) in [5.74, 6) is 0. The Morgan fingerprint density at radius 3 is 2.35 bits per heavy atom. The predicted octanol–water partition coefficient (Wildman–Crippen LogP) is 3.09. The molecule has 0 radical (unpaired) electrons. The highest BCUT2D eigenvalue weighted by molar-refractivity contribution is 7.89. The summed E-state index contributed by atoms with van der Waals surface area (Å²) >= 11 is 0. The third-order valence-electron chi connectivity index (χ3n) is 3.34. The van der Waals surface area contributed by atoms with Crippen LogP contribution in [0.15, 0.2) is 47.4 Å². The number of rotatable bonds is 4. The molecule has 0 saturated heterocycles. The van der Waals surface area contributed by atoms with Crippen molar-refractivity contribution in [2.45, 2.75) is 32.2 Å². The molecule has 3 nitrogen and oxygen atoms in total. The van der Waals surface area contributed by atoms with E-state index in [2.05, 4.69) is 4.72 Å². The van der Waals surface area contributed by atoms with Crippen molar-refractivity contribution in [3.8, 4) is 0 Å². The van der Waals surface area contributed by atoms with Gasteiger partial charge in [-0.1, -0.05) is 35.9 Å². The number of hydrogen-bond donors (Lipinski definition) is 1. The normalized spacial score (nSPS) is 11.6. The van der Waals surface area contributed by atoms with Crippen molar-refractivity contribution in [3.63, 3.8) is 0 Å². The number of benzene rings is 2. The molecular formula is C16H19NO2S. The number of aryl methyl sites for hydroxylation is 3. The zero-order valence-corrected chi connectivity index (χ0v) is 12.8. The molecule has 106 valence electrons. The van der Waals surface area contributed by atoms with E-state index in [1.807, 2.05) is 51.1 Å². The molecular weight excluding hydrogens is 270 g/mol. The molecule has 0 fully saturated rings. The molecule has 0 aliphatic carbocycles. The molecule has 0 bridgehead atoms. The first-order chi connectivity index (χ1) is 9.38. The van der Waals surface area contributed by atoms with Crippen molar-refractivity contribution >= 4 is 10.0 Å². The maximum atomic E-state index is 12.2. The Morgan fingerprint density at radius 2 is 1.70 bits per heavy atom. The number of nitrogens with one attached hydrogen (secondary N) is 1. The average molecular weight is 289 g/mol. The average Bonchev–Trinajstić information content (AvgIpc) is 2.40. The summed E-state index contributed by atoms with van der Waals surface area (Å²) in [5.41, 5.74) is 4.14. The van der Waals surface area contributed by atoms with Gasteiger partial charge in [0, 0.05) is 6.54 Å². The lowest BCUT2D eigenvalue weighted by atomic mass is 10.1. The van der Waals surface area contributed by atoms with E-state index < -0.39 is 10.0 Å². The van der Waals surface area contributed by atoms with Crippen molar-refractivity contribution in [2.75, 3.05) is 0 Å². The van der Waals surface area contributed by atoms with Gasteiger partial charge in [0.1, 0.15) is 0 Å². The molecule has 0 spiro atoms. The van der Waals surface area contributed by atoms with Crippen LogP contribution in [-0.2, 0) is 16.6 Å². The standard InChI is InChI=1S/C16H19NO2S/c1-12-5-4-6-15(9-12)11-17-20(18,19)16-8-7-13(2)14(3)10-16/h4-10,17H,11H2,1-3H3. The molecule has 4 heteroatoms. The highest BCUT2D eigenvalue weighted by Gasteiger charge is 2.14. The van der Waals surface area contributed by atoms with Crippen LogP contribution >= 0.6 is 0 Å². The van der Waals surface area contributed by atoms with E-state index in [9.17, 15) is 8.42 Å². The van der Waals surface area contributed by atoms with Crippen molar-refractivity contribution < 1.29 is 8.42 Å². The highest BCUT2D eigenvalue weighted by Crippen LogP contribution is 2.15. The van der Waals surface area contributed by atoms with Gasteiger partial charge in [-0.15, -0.1) is 0 Å². The zero-order valence-electron chi connectivity index (χ0n) is 12.0. The summed E-state index contributed by atoms with van der Waals surface area (Å²) in [6, 6.07) is 13.0. The van der Waals surface area contributed by atoms with Crippen LogP contribution < -0.4 is 4.72 Å². The lowest BCUT2D eigenvalue weighted by Gasteiger charge is -2.09. The second-order valence-corrected chi connectivity index (χ2v) is 6.83. The predicted molar refractivity (Wildman–Crippen MR) is 81.1 cm³/mol. The van der Waals surface area contributed by atoms with E-state index in [4.69, 9.17) is 0 Å². The quantitative estimate of drug-likeness (QED) is 0.940. The molecule has 0 aliphatic heterocycles. The monoisotopic (exact) mass is 289 g/mol. The maximum absolute atomic E-state index is 12.2. The van der Waals surface area contributed by atoms with Crippen molar-refractivity contribution in [3.05, 3.63) is 64.7 Å². The summed E-state index contributed by atoms with van der Waals surface area (Å²) in [4.78, 5) is 0.313. The number of hydrogen-bond acceptors (Lipinski definition) is 2. The van der Waals surface area contributed by atoms with Gasteiger partial charge in [-0.25, -0.2) is 13.1 Å². The van der Waals surface area contributed by atoms with Gasteiger partial charge in [0.05, 0.1) is 4.90 Å². The molecule has 0 saturated carbocycles. The minimum absolute atomic E-state index is 0.303. The van der Waals surface area contributed by atoms with Crippen LogP contribution in [0.4, 0.5) is 0 Å². The van der Waals surface area contributed by atoms with Gasteiger partial charge >= 0.3 is 0 Å². The van der Waals surface area contributed by atoms with Crippen LogP contribution in [0.3, 0.4) is 0 Å². The second-order valence-electron chi connectivity index (χ2n) is 5.06. The molecule has 2 aromatic rings. The molecule has 2 rings (SSSR count). The summed E-state index contributed by atoms with van der Waals surface area (Å²) in [5, 5.41) is 0. The summed E-state index contributed by atoms with van der Waals surface area (Å²) < 4.78 is 27.1. The van der Waals surface area contributed by atoms with E-state index >= 15 is 0 Å². The van der Waals surface area contributed by atoms with Gasteiger partial charge < -0.3 is 0 Å². The molecule has 0 atom stereocenters. The minimum atomic E-state index is -3.46. The van der Waals surface area contributed by atoms with Crippen molar-refractivity contribution in [2.24, 2.45) is 0 Å². The van der Waals surface area contributed by atoms with Crippen LogP contribution in [0.25, 0.3) is 0 Å². The first-order valence-corrected chi connectivity index (χ1v) is 7.99. The Hall–Kier alpha value is -1.65. The fourth-order valence-corrected chi connectivity index (χ4v) is 3.07. The molecule has 0 aromatic heterocycles. The third-order valence-corrected chi connectivity index (χ3v) is 4.74. The van der Waals surface area contributed by atoms with Crippen LogP contribution in [-0.4, -0.2) is 8.42 Å². The third kappa shape index (κ3) is 3.46. The summed E-state index contributed by atoms with van der Waals surface area (Å²) in [6.07, 6.45) is 0. The fraction of sp³-hybridized carbons (Fsp3) is 0.250. The van der Waals surface area contributed by atoms with Gasteiger partial charge in [0.15, 0.2) is 0 Å². The van der Waals surface area contributed by atoms with Gasteiger partial charge in [0.2, 0.25) is 10.0 Å². The molecule has 1 N–H and O–H groups in total. The SMILES string of the molecule is Cc1cccc(CNS(=O)(=O)c2ccc(C)c(C)c2)c1. The van der Waals surface area contributed by atoms with E-state index in [0.717, 1.165) is 22.3 Å². The van der Waals surface area contributed by atoms with Crippen molar-refractivity contribution in [1.82, 2.24) is 4.72 Å². The summed E-state index contributed by atoms with van der Waals surface area (Å²) in [6.45, 7) is 6.17. The van der Waals surface area contributed by atoms with E-state index in [1.54, 1.807) is 12.1 Å². The van der Waals surface area contributed by atoms with Gasteiger partial charge in [-0.05, 0) is 49.6 Å². The Kier molecular flexibility index (Phi) is 4.26. The number of sulfonamides is 1. The molecule has 0 aliphatic rings. The molecule has 2 aromatic carbocycles. The van der Waals surface area contributed by atoms with Gasteiger partial charge in [0.25, 0.3) is 0 Å². The highest BCUT2D eigenvalue weighted by atomic mass is 32.2. The van der Waals surface area contributed by atoms with Crippen LogP contribution in [0.2, 0.25) is 0 Å². The topological polar surface area (TPSA) is 46.2 Å². The van der Waals surface area contributed by atoms with Crippen LogP contribution in [0.5, 0.6) is 0 Å². The van der Waals surface area contributed by atoms with Crippen molar-refractivity contribution in [1.29, 1.82) is 0 Å². The van der Waals surface area contributed by atoms with Crippen LogP contribution in [0.1, 0.15) is 22.3 Å². The Bertz CT molecular complexity index is 721. The van der Waals surface area contributed by atoms with E-state index in [1.165, 1.54) is 0 Å².